The van der Waals surface area contributed by atoms with E-state index in [1.54, 1.807) is 18.5 Å². The Morgan fingerprint density at radius 2 is 1.67 bits per heavy atom. The normalized spacial score (nSPS) is 14.3. The fourth-order valence-electron chi connectivity index (χ4n) is 3.93. The number of benzene rings is 1. The summed E-state index contributed by atoms with van der Waals surface area (Å²) in [5, 5.41) is 5.71. The van der Waals surface area contributed by atoms with E-state index in [0.29, 0.717) is 36.1 Å². The minimum Gasteiger partial charge on any atom is -0.368 e. The first-order valence-electron chi connectivity index (χ1n) is 10.6. The zero-order valence-corrected chi connectivity index (χ0v) is 17.3. The molecule has 7 heteroatoms. The number of amides is 1. The third kappa shape index (κ3) is 4.06. The van der Waals surface area contributed by atoms with Crippen LogP contribution < -0.4 is 10.5 Å². The number of unbranched alkanes of at least 4 members (excludes halogenated alkanes) is 2. The van der Waals surface area contributed by atoms with E-state index in [1.165, 1.54) is 4.68 Å². The first kappa shape index (κ1) is 20.1. The number of anilines is 1. The van der Waals surface area contributed by atoms with Gasteiger partial charge in [-0.15, -0.1) is 0 Å². The average molecular weight is 406 g/mol. The highest BCUT2D eigenvalue weighted by molar-refractivity contribution is 6.04. The number of nitrogens with zero attached hydrogens (tertiary/aromatic N) is 5. The molecule has 0 unspecified atom stereocenters. The topological polar surface area (TPSA) is 71.3 Å². The summed E-state index contributed by atoms with van der Waals surface area (Å²) in [5.41, 5.74) is 1.37. The predicted molar refractivity (Wildman–Crippen MR) is 118 cm³/mol. The monoisotopic (exact) mass is 405 g/mol. The van der Waals surface area contributed by atoms with Crippen LogP contribution in [0, 0.1) is 0 Å². The van der Waals surface area contributed by atoms with Gasteiger partial charge < -0.3 is 9.80 Å². The fraction of sp³-hybridized carbons (Fsp3) is 0.391. The van der Waals surface area contributed by atoms with Crippen LogP contribution in [0.15, 0.2) is 53.6 Å². The summed E-state index contributed by atoms with van der Waals surface area (Å²) < 4.78 is 1.47. The highest BCUT2D eigenvalue weighted by atomic mass is 16.2. The Morgan fingerprint density at radius 1 is 0.967 bits per heavy atom. The Hall–Kier alpha value is -3.22. The number of fused-ring (bicyclic) bond motifs is 1. The molecule has 1 aromatic carbocycles. The molecule has 1 saturated heterocycles. The number of hydrogen-bond donors (Lipinski definition) is 0. The molecule has 156 valence electrons. The van der Waals surface area contributed by atoms with Crippen molar-refractivity contribution in [1.29, 1.82) is 0 Å². The van der Waals surface area contributed by atoms with Crippen molar-refractivity contribution in [2.75, 3.05) is 31.1 Å². The van der Waals surface area contributed by atoms with Crippen LogP contribution in [0.5, 0.6) is 0 Å². The standard InChI is InChI=1S/C23H27N5O2/c1-2-3-6-13-28-22(29)20-8-5-4-7-19(20)21(25-28)23(30)27-16-14-26(15-17-27)18-9-11-24-12-10-18/h4-5,7-12H,2-3,6,13-17H2,1H3. The van der Waals surface area contributed by atoms with Gasteiger partial charge in [0.15, 0.2) is 5.69 Å². The van der Waals surface area contributed by atoms with Gasteiger partial charge in [0.25, 0.3) is 11.5 Å². The van der Waals surface area contributed by atoms with Crippen molar-refractivity contribution in [2.45, 2.75) is 32.7 Å². The van der Waals surface area contributed by atoms with Gasteiger partial charge in [-0.2, -0.15) is 5.10 Å². The molecular weight excluding hydrogens is 378 g/mol. The lowest BCUT2D eigenvalue weighted by molar-refractivity contribution is 0.0740. The molecule has 3 heterocycles. The molecule has 0 N–H and O–H groups in total. The SMILES string of the molecule is CCCCCn1nc(C(=O)N2CCN(c3ccncc3)CC2)c2ccccc2c1=O. The van der Waals surface area contributed by atoms with Gasteiger partial charge in [-0.3, -0.25) is 14.6 Å². The van der Waals surface area contributed by atoms with Crippen molar-refractivity contribution in [3.63, 3.8) is 0 Å². The van der Waals surface area contributed by atoms with Crippen LogP contribution in [0.3, 0.4) is 0 Å². The summed E-state index contributed by atoms with van der Waals surface area (Å²) >= 11 is 0. The van der Waals surface area contributed by atoms with E-state index in [-0.39, 0.29) is 11.5 Å². The van der Waals surface area contributed by atoms with E-state index in [2.05, 4.69) is 21.9 Å². The maximum atomic E-state index is 13.4. The Labute approximate surface area is 175 Å². The number of piperazine rings is 1. The third-order valence-corrected chi connectivity index (χ3v) is 5.64. The molecule has 1 aliphatic heterocycles. The van der Waals surface area contributed by atoms with Crippen LogP contribution in [-0.2, 0) is 6.54 Å². The van der Waals surface area contributed by atoms with Crippen molar-refractivity contribution < 1.29 is 4.79 Å². The van der Waals surface area contributed by atoms with E-state index in [0.717, 1.165) is 38.0 Å². The number of hydrogen-bond acceptors (Lipinski definition) is 5. The van der Waals surface area contributed by atoms with Gasteiger partial charge in [-0.1, -0.05) is 38.0 Å². The molecule has 2 aromatic heterocycles. The largest absolute Gasteiger partial charge is 0.368 e. The van der Waals surface area contributed by atoms with Gasteiger partial charge >= 0.3 is 0 Å². The summed E-state index contributed by atoms with van der Waals surface area (Å²) in [6.07, 6.45) is 6.53. The summed E-state index contributed by atoms with van der Waals surface area (Å²) in [5.74, 6) is -0.107. The van der Waals surface area contributed by atoms with E-state index in [1.807, 2.05) is 35.2 Å². The van der Waals surface area contributed by atoms with Crippen molar-refractivity contribution in [1.82, 2.24) is 19.7 Å². The summed E-state index contributed by atoms with van der Waals surface area (Å²) in [6, 6.07) is 11.3. The van der Waals surface area contributed by atoms with Gasteiger partial charge in [-0.25, -0.2) is 4.68 Å². The first-order valence-corrected chi connectivity index (χ1v) is 10.6. The number of rotatable bonds is 6. The van der Waals surface area contributed by atoms with Crippen molar-refractivity contribution >= 4 is 22.4 Å². The molecule has 30 heavy (non-hydrogen) atoms. The van der Waals surface area contributed by atoms with Gasteiger partial charge in [0.1, 0.15) is 0 Å². The number of carbonyl (C=O) groups is 1. The van der Waals surface area contributed by atoms with Crippen LogP contribution in [0.4, 0.5) is 5.69 Å². The lowest BCUT2D eigenvalue weighted by atomic mass is 10.1. The Bertz CT molecular complexity index is 1070. The van der Waals surface area contributed by atoms with Gasteiger partial charge in [0, 0.05) is 56.2 Å². The number of aromatic nitrogens is 3. The van der Waals surface area contributed by atoms with Crippen LogP contribution in [0.1, 0.15) is 36.7 Å². The minimum atomic E-state index is -0.124. The Kier molecular flexibility index (Phi) is 6.07. The molecule has 0 bridgehead atoms. The highest BCUT2D eigenvalue weighted by Crippen LogP contribution is 2.19. The lowest BCUT2D eigenvalue weighted by Gasteiger charge is -2.36. The summed E-state index contributed by atoms with van der Waals surface area (Å²) in [4.78, 5) is 34.4. The predicted octanol–water partition coefficient (Wildman–Crippen LogP) is 2.94. The van der Waals surface area contributed by atoms with Crippen molar-refractivity contribution in [2.24, 2.45) is 0 Å². The van der Waals surface area contributed by atoms with E-state index < -0.39 is 0 Å². The quantitative estimate of drug-likeness (QED) is 0.590. The molecule has 3 aromatic rings. The number of pyridine rings is 1. The minimum absolute atomic E-state index is 0.107. The molecule has 7 nitrogen and oxygen atoms in total. The second-order valence-corrected chi connectivity index (χ2v) is 7.61. The average Bonchev–Trinajstić information content (AvgIpc) is 2.81. The molecule has 1 amide bonds. The summed E-state index contributed by atoms with van der Waals surface area (Å²) in [6.45, 7) is 5.40. The molecule has 0 spiro atoms. The zero-order valence-electron chi connectivity index (χ0n) is 17.3. The lowest BCUT2D eigenvalue weighted by Crippen LogP contribution is -2.49. The van der Waals surface area contributed by atoms with Crippen LogP contribution in [0.2, 0.25) is 0 Å². The smallest absolute Gasteiger partial charge is 0.275 e. The van der Waals surface area contributed by atoms with E-state index >= 15 is 0 Å². The Morgan fingerprint density at radius 3 is 2.37 bits per heavy atom. The Balaban J connectivity index is 1.58. The second kappa shape index (κ2) is 9.07. The molecular formula is C23H27N5O2. The number of aryl methyl sites for hydroxylation is 1. The third-order valence-electron chi connectivity index (χ3n) is 5.64. The number of carbonyl (C=O) groups excluding carboxylic acids is 1. The molecule has 0 radical (unpaired) electrons. The first-order chi connectivity index (χ1) is 14.7. The molecule has 0 aliphatic carbocycles. The second-order valence-electron chi connectivity index (χ2n) is 7.61. The maximum absolute atomic E-state index is 13.4. The molecule has 1 fully saturated rings. The van der Waals surface area contributed by atoms with E-state index in [9.17, 15) is 9.59 Å². The van der Waals surface area contributed by atoms with Gasteiger partial charge in [-0.05, 0) is 24.6 Å². The van der Waals surface area contributed by atoms with Gasteiger partial charge in [0.05, 0.1) is 5.39 Å². The van der Waals surface area contributed by atoms with Crippen LogP contribution in [0.25, 0.3) is 10.8 Å². The fourth-order valence-corrected chi connectivity index (χ4v) is 3.93. The molecule has 4 rings (SSSR count). The van der Waals surface area contributed by atoms with E-state index in [4.69, 9.17) is 0 Å². The van der Waals surface area contributed by atoms with Crippen molar-refractivity contribution in [3.8, 4) is 0 Å². The maximum Gasteiger partial charge on any atom is 0.275 e. The summed E-state index contributed by atoms with van der Waals surface area (Å²) in [7, 11) is 0. The molecule has 0 atom stereocenters. The molecule has 0 saturated carbocycles. The highest BCUT2D eigenvalue weighted by Gasteiger charge is 2.26. The van der Waals surface area contributed by atoms with Crippen LogP contribution >= 0.6 is 0 Å². The van der Waals surface area contributed by atoms with Crippen LogP contribution in [-0.4, -0.2) is 51.8 Å². The van der Waals surface area contributed by atoms with Gasteiger partial charge in [0.2, 0.25) is 0 Å². The van der Waals surface area contributed by atoms with Crippen molar-refractivity contribution in [3.05, 3.63) is 64.8 Å². The molecule has 1 aliphatic rings. The zero-order chi connectivity index (χ0) is 20.9.